The molecule has 0 bridgehead atoms. The van der Waals surface area contributed by atoms with Gasteiger partial charge in [0.2, 0.25) is 0 Å². The first-order valence-electron chi connectivity index (χ1n) is 4.18. The van der Waals surface area contributed by atoms with E-state index in [1.165, 1.54) is 0 Å². The highest BCUT2D eigenvalue weighted by Crippen LogP contribution is 2.26. The zero-order chi connectivity index (χ0) is 9.68. The molecule has 0 saturated carbocycles. The molecule has 0 aliphatic heterocycles. The first-order chi connectivity index (χ1) is 6.27. The number of para-hydroxylation sites is 2. The van der Waals surface area contributed by atoms with Crippen LogP contribution in [-0.4, -0.2) is 24.9 Å². The third-order valence-electron chi connectivity index (χ3n) is 1.65. The second-order valence-electron chi connectivity index (χ2n) is 2.76. The summed E-state index contributed by atoms with van der Waals surface area (Å²) >= 11 is 0. The van der Waals surface area contributed by atoms with E-state index < -0.39 is 0 Å². The van der Waals surface area contributed by atoms with Crippen molar-refractivity contribution < 1.29 is 14.6 Å². The van der Waals surface area contributed by atoms with Crippen molar-refractivity contribution >= 4 is 0 Å². The van der Waals surface area contributed by atoms with E-state index in [4.69, 9.17) is 14.6 Å². The Morgan fingerprint density at radius 1 is 1.31 bits per heavy atom. The summed E-state index contributed by atoms with van der Waals surface area (Å²) in [7, 11) is 1.59. The summed E-state index contributed by atoms with van der Waals surface area (Å²) < 4.78 is 10.5. The molecule has 3 nitrogen and oxygen atoms in total. The van der Waals surface area contributed by atoms with Crippen molar-refractivity contribution in [3.63, 3.8) is 0 Å². The molecule has 0 unspecified atom stereocenters. The van der Waals surface area contributed by atoms with Crippen LogP contribution in [0.3, 0.4) is 0 Å². The van der Waals surface area contributed by atoms with Gasteiger partial charge in [-0.1, -0.05) is 12.1 Å². The van der Waals surface area contributed by atoms with E-state index in [1.807, 2.05) is 24.3 Å². The molecule has 3 heteroatoms. The van der Waals surface area contributed by atoms with Crippen LogP contribution in [0.4, 0.5) is 0 Å². The normalized spacial score (nSPS) is 12.2. The molecule has 1 atom stereocenters. The molecule has 0 heterocycles. The summed E-state index contributed by atoms with van der Waals surface area (Å²) in [6.45, 7) is 1.80. The lowest BCUT2D eigenvalue weighted by molar-refractivity contribution is 0.126. The Hall–Kier alpha value is -1.22. The minimum absolute atomic E-state index is 0.00194. The number of aliphatic hydroxyl groups is 1. The maximum Gasteiger partial charge on any atom is 0.161 e. The highest BCUT2D eigenvalue weighted by atomic mass is 16.5. The maximum absolute atomic E-state index is 8.79. The van der Waals surface area contributed by atoms with Crippen LogP contribution in [0.5, 0.6) is 11.5 Å². The fraction of sp³-hybridized carbons (Fsp3) is 0.400. The minimum atomic E-state index is -0.212. The summed E-state index contributed by atoms with van der Waals surface area (Å²) in [6, 6.07) is 7.36. The van der Waals surface area contributed by atoms with Crippen LogP contribution in [-0.2, 0) is 0 Å². The Labute approximate surface area is 77.9 Å². The molecule has 0 saturated heterocycles. The number of aliphatic hydroxyl groups excluding tert-OH is 1. The second-order valence-corrected chi connectivity index (χ2v) is 2.76. The minimum Gasteiger partial charge on any atom is -0.493 e. The fourth-order valence-electron chi connectivity index (χ4n) is 0.970. The lowest BCUT2D eigenvalue weighted by atomic mass is 10.3. The van der Waals surface area contributed by atoms with Crippen molar-refractivity contribution in [2.75, 3.05) is 13.7 Å². The van der Waals surface area contributed by atoms with Gasteiger partial charge in [-0.15, -0.1) is 0 Å². The number of ether oxygens (including phenoxy) is 2. The molecule has 0 aromatic heterocycles. The third kappa shape index (κ3) is 2.63. The van der Waals surface area contributed by atoms with Gasteiger partial charge >= 0.3 is 0 Å². The molecule has 1 N–H and O–H groups in total. The number of methoxy groups -OCH3 is 1. The molecule has 1 rings (SSSR count). The van der Waals surface area contributed by atoms with E-state index in [-0.39, 0.29) is 12.7 Å². The van der Waals surface area contributed by atoms with Gasteiger partial charge in [0.05, 0.1) is 13.7 Å². The zero-order valence-corrected chi connectivity index (χ0v) is 7.86. The Morgan fingerprint density at radius 3 is 2.46 bits per heavy atom. The standard InChI is InChI=1S/C10H14O3/c1-8(7-11)13-10-6-4-3-5-9(10)12-2/h3-6,8,11H,7H2,1-2H3/t8-/m0/s1. The van der Waals surface area contributed by atoms with Crippen molar-refractivity contribution in [3.8, 4) is 11.5 Å². The first-order valence-corrected chi connectivity index (χ1v) is 4.18. The largest absolute Gasteiger partial charge is 0.493 e. The van der Waals surface area contributed by atoms with Gasteiger partial charge in [0.1, 0.15) is 6.10 Å². The van der Waals surface area contributed by atoms with Crippen LogP contribution >= 0.6 is 0 Å². The molecule has 0 radical (unpaired) electrons. The van der Waals surface area contributed by atoms with E-state index >= 15 is 0 Å². The van der Waals surface area contributed by atoms with Crippen molar-refractivity contribution in [2.24, 2.45) is 0 Å². The predicted octanol–water partition coefficient (Wildman–Crippen LogP) is 1.45. The number of hydrogen-bond acceptors (Lipinski definition) is 3. The van der Waals surface area contributed by atoms with Crippen LogP contribution in [0.25, 0.3) is 0 Å². The van der Waals surface area contributed by atoms with Crippen LogP contribution in [0.2, 0.25) is 0 Å². The summed E-state index contributed by atoms with van der Waals surface area (Å²) in [5.41, 5.74) is 0. The Balaban J connectivity index is 2.74. The van der Waals surface area contributed by atoms with Gasteiger partial charge in [-0.05, 0) is 19.1 Å². The average Bonchev–Trinajstić information content (AvgIpc) is 2.18. The molecule has 0 aliphatic rings. The van der Waals surface area contributed by atoms with E-state index in [9.17, 15) is 0 Å². The molecule has 0 fully saturated rings. The number of rotatable bonds is 4. The highest BCUT2D eigenvalue weighted by Gasteiger charge is 2.06. The topological polar surface area (TPSA) is 38.7 Å². The van der Waals surface area contributed by atoms with E-state index in [0.29, 0.717) is 11.5 Å². The molecule has 1 aromatic carbocycles. The van der Waals surface area contributed by atoms with Crippen LogP contribution in [0.15, 0.2) is 24.3 Å². The van der Waals surface area contributed by atoms with E-state index in [2.05, 4.69) is 0 Å². The Bertz CT molecular complexity index is 260. The Kier molecular flexibility index (Phi) is 3.58. The predicted molar refractivity (Wildman–Crippen MR) is 50.2 cm³/mol. The lowest BCUT2D eigenvalue weighted by Crippen LogP contribution is -2.16. The van der Waals surface area contributed by atoms with Crippen molar-refractivity contribution in [1.82, 2.24) is 0 Å². The molecule has 0 amide bonds. The van der Waals surface area contributed by atoms with Crippen LogP contribution in [0, 0.1) is 0 Å². The molecule has 13 heavy (non-hydrogen) atoms. The fourth-order valence-corrected chi connectivity index (χ4v) is 0.970. The average molecular weight is 182 g/mol. The van der Waals surface area contributed by atoms with E-state index in [0.717, 1.165) is 0 Å². The van der Waals surface area contributed by atoms with Crippen LogP contribution < -0.4 is 9.47 Å². The van der Waals surface area contributed by atoms with Crippen molar-refractivity contribution in [1.29, 1.82) is 0 Å². The van der Waals surface area contributed by atoms with E-state index in [1.54, 1.807) is 14.0 Å². The van der Waals surface area contributed by atoms with Gasteiger partial charge in [-0.2, -0.15) is 0 Å². The SMILES string of the molecule is COc1ccccc1O[C@@H](C)CO. The zero-order valence-electron chi connectivity index (χ0n) is 7.86. The first kappa shape index (κ1) is 9.86. The van der Waals surface area contributed by atoms with Gasteiger partial charge in [0, 0.05) is 0 Å². The second kappa shape index (κ2) is 4.72. The molecular weight excluding hydrogens is 168 g/mol. The maximum atomic E-state index is 8.79. The van der Waals surface area contributed by atoms with Crippen molar-refractivity contribution in [2.45, 2.75) is 13.0 Å². The Morgan fingerprint density at radius 2 is 1.92 bits per heavy atom. The summed E-state index contributed by atoms with van der Waals surface area (Å²) in [5, 5.41) is 8.79. The summed E-state index contributed by atoms with van der Waals surface area (Å²) in [5.74, 6) is 1.34. The third-order valence-corrected chi connectivity index (χ3v) is 1.65. The molecule has 1 aromatic rings. The summed E-state index contributed by atoms with van der Waals surface area (Å²) in [6.07, 6.45) is -0.212. The van der Waals surface area contributed by atoms with Gasteiger partial charge in [-0.3, -0.25) is 0 Å². The molecule has 0 aliphatic carbocycles. The lowest BCUT2D eigenvalue weighted by Gasteiger charge is -2.14. The number of benzene rings is 1. The highest BCUT2D eigenvalue weighted by molar-refractivity contribution is 5.39. The van der Waals surface area contributed by atoms with Gasteiger partial charge < -0.3 is 14.6 Å². The molecule has 72 valence electrons. The molecule has 0 spiro atoms. The van der Waals surface area contributed by atoms with Crippen LogP contribution in [0.1, 0.15) is 6.92 Å². The molecular formula is C10H14O3. The van der Waals surface area contributed by atoms with Crippen molar-refractivity contribution in [3.05, 3.63) is 24.3 Å². The number of hydrogen-bond donors (Lipinski definition) is 1. The summed E-state index contributed by atoms with van der Waals surface area (Å²) in [4.78, 5) is 0. The quantitative estimate of drug-likeness (QED) is 0.766. The van der Waals surface area contributed by atoms with Gasteiger partial charge in [0.25, 0.3) is 0 Å². The smallest absolute Gasteiger partial charge is 0.161 e. The monoisotopic (exact) mass is 182 g/mol. The van der Waals surface area contributed by atoms with Gasteiger partial charge in [0.15, 0.2) is 11.5 Å². The van der Waals surface area contributed by atoms with Gasteiger partial charge in [-0.25, -0.2) is 0 Å².